The summed E-state index contributed by atoms with van der Waals surface area (Å²) in [4.78, 5) is 14.6. The van der Waals surface area contributed by atoms with Gasteiger partial charge in [-0.3, -0.25) is 4.79 Å². The minimum atomic E-state index is 0.167. The lowest BCUT2D eigenvalue weighted by Gasteiger charge is -2.31. The number of nitrogens with zero attached hydrogens (tertiary/aromatic N) is 1. The number of likely N-dealkylation sites (tertiary alicyclic amines) is 1. The van der Waals surface area contributed by atoms with Crippen LogP contribution in [-0.2, 0) is 4.79 Å². The van der Waals surface area contributed by atoms with E-state index < -0.39 is 0 Å². The van der Waals surface area contributed by atoms with Crippen LogP contribution >= 0.6 is 0 Å². The second-order valence-corrected chi connectivity index (χ2v) is 5.72. The molecule has 5 atom stereocenters. The van der Waals surface area contributed by atoms with E-state index in [1.165, 1.54) is 0 Å². The van der Waals surface area contributed by atoms with Crippen molar-refractivity contribution in [2.45, 2.75) is 66.5 Å². The van der Waals surface area contributed by atoms with E-state index in [1.807, 2.05) is 0 Å². The van der Waals surface area contributed by atoms with Gasteiger partial charge in [0.05, 0.1) is 0 Å². The maximum absolute atomic E-state index is 12.4. The molecular formula is C14H27NO. The average Bonchev–Trinajstić information content (AvgIpc) is 2.50. The fourth-order valence-corrected chi connectivity index (χ4v) is 2.77. The van der Waals surface area contributed by atoms with Gasteiger partial charge in [-0.1, -0.05) is 34.1 Å². The molecule has 5 unspecified atom stereocenters. The molecule has 0 N–H and O–H groups in total. The molecular weight excluding hydrogens is 198 g/mol. The van der Waals surface area contributed by atoms with Crippen LogP contribution in [0.2, 0.25) is 0 Å². The van der Waals surface area contributed by atoms with Gasteiger partial charge in [0.2, 0.25) is 5.91 Å². The predicted molar refractivity (Wildman–Crippen MR) is 68.2 cm³/mol. The molecule has 1 rings (SSSR count). The van der Waals surface area contributed by atoms with Gasteiger partial charge in [-0.15, -0.1) is 0 Å². The molecule has 1 saturated heterocycles. The van der Waals surface area contributed by atoms with Crippen LogP contribution in [0.5, 0.6) is 0 Å². The molecule has 94 valence electrons. The Hall–Kier alpha value is -0.530. The molecule has 0 saturated carbocycles. The summed E-state index contributed by atoms with van der Waals surface area (Å²) in [5.41, 5.74) is 0. The summed E-state index contributed by atoms with van der Waals surface area (Å²) in [6.07, 6.45) is 2.24. The van der Waals surface area contributed by atoms with Gasteiger partial charge >= 0.3 is 0 Å². The number of rotatable bonds is 3. The Morgan fingerprint density at radius 1 is 1.31 bits per heavy atom. The van der Waals surface area contributed by atoms with Crippen molar-refractivity contribution in [2.24, 2.45) is 17.8 Å². The minimum Gasteiger partial charge on any atom is -0.337 e. The molecule has 0 aromatic carbocycles. The van der Waals surface area contributed by atoms with Crippen molar-refractivity contribution in [3.8, 4) is 0 Å². The summed E-state index contributed by atoms with van der Waals surface area (Å²) in [5.74, 6) is 1.66. The Kier molecular flexibility index (Phi) is 4.40. The van der Waals surface area contributed by atoms with Gasteiger partial charge in [-0.25, -0.2) is 0 Å². The molecule has 1 heterocycles. The molecule has 0 bridgehead atoms. The van der Waals surface area contributed by atoms with Gasteiger partial charge in [0.15, 0.2) is 0 Å². The zero-order valence-electron chi connectivity index (χ0n) is 11.7. The van der Waals surface area contributed by atoms with Gasteiger partial charge < -0.3 is 4.90 Å². The molecule has 16 heavy (non-hydrogen) atoms. The molecule has 0 spiro atoms. The van der Waals surface area contributed by atoms with Gasteiger partial charge in [-0.05, 0) is 32.1 Å². The van der Waals surface area contributed by atoms with Crippen molar-refractivity contribution in [3.05, 3.63) is 0 Å². The average molecular weight is 225 g/mol. The number of carbonyl (C=O) groups is 1. The summed E-state index contributed by atoms with van der Waals surface area (Å²) in [6.45, 7) is 13.0. The van der Waals surface area contributed by atoms with Gasteiger partial charge in [-0.2, -0.15) is 0 Å². The maximum atomic E-state index is 12.4. The van der Waals surface area contributed by atoms with E-state index in [-0.39, 0.29) is 5.92 Å². The highest BCUT2D eigenvalue weighted by atomic mass is 16.2. The summed E-state index contributed by atoms with van der Waals surface area (Å²) >= 11 is 0. The van der Waals surface area contributed by atoms with Crippen molar-refractivity contribution in [1.82, 2.24) is 4.90 Å². The third kappa shape index (κ3) is 2.41. The van der Waals surface area contributed by atoms with Crippen LogP contribution in [0.15, 0.2) is 0 Å². The van der Waals surface area contributed by atoms with E-state index in [9.17, 15) is 4.79 Å². The van der Waals surface area contributed by atoms with E-state index in [0.717, 1.165) is 12.8 Å². The maximum Gasteiger partial charge on any atom is 0.226 e. The quantitative estimate of drug-likeness (QED) is 0.721. The smallest absolute Gasteiger partial charge is 0.226 e. The van der Waals surface area contributed by atoms with Crippen LogP contribution in [0.4, 0.5) is 0 Å². The van der Waals surface area contributed by atoms with Crippen molar-refractivity contribution < 1.29 is 4.79 Å². The second kappa shape index (κ2) is 5.20. The lowest BCUT2D eigenvalue weighted by Crippen LogP contribution is -2.43. The first-order valence-corrected chi connectivity index (χ1v) is 6.72. The Labute approximate surface area is 100 Å². The Morgan fingerprint density at radius 2 is 1.88 bits per heavy atom. The summed E-state index contributed by atoms with van der Waals surface area (Å²) < 4.78 is 0. The minimum absolute atomic E-state index is 0.167. The fourth-order valence-electron chi connectivity index (χ4n) is 2.77. The molecule has 1 aliphatic heterocycles. The normalized spacial score (nSPS) is 33.9. The Bertz CT molecular complexity index is 251. The lowest BCUT2D eigenvalue weighted by molar-refractivity contribution is -0.139. The standard InChI is InChI=1S/C14H27NO/c1-7-9(2)12(5)14(16)15-11(4)8-10(3)13(15)6/h9-13H,7-8H2,1-6H3. The van der Waals surface area contributed by atoms with E-state index in [2.05, 4.69) is 46.4 Å². The lowest BCUT2D eigenvalue weighted by atomic mass is 9.92. The zero-order valence-corrected chi connectivity index (χ0v) is 11.7. The van der Waals surface area contributed by atoms with Crippen molar-refractivity contribution >= 4 is 5.91 Å². The Balaban J connectivity index is 2.73. The highest BCUT2D eigenvalue weighted by molar-refractivity contribution is 5.79. The van der Waals surface area contributed by atoms with Crippen molar-refractivity contribution in [2.75, 3.05) is 0 Å². The largest absolute Gasteiger partial charge is 0.337 e. The summed E-state index contributed by atoms with van der Waals surface area (Å²) in [6, 6.07) is 0.831. The molecule has 1 fully saturated rings. The second-order valence-electron chi connectivity index (χ2n) is 5.72. The van der Waals surface area contributed by atoms with Crippen LogP contribution in [0.3, 0.4) is 0 Å². The first-order valence-electron chi connectivity index (χ1n) is 6.72. The third-order valence-corrected chi connectivity index (χ3v) is 4.59. The highest BCUT2D eigenvalue weighted by Crippen LogP contribution is 2.32. The van der Waals surface area contributed by atoms with Crippen LogP contribution in [-0.4, -0.2) is 22.9 Å². The van der Waals surface area contributed by atoms with Gasteiger partial charge in [0.25, 0.3) is 0 Å². The predicted octanol–water partition coefficient (Wildman–Crippen LogP) is 3.31. The molecule has 0 aromatic rings. The first kappa shape index (κ1) is 13.5. The van der Waals surface area contributed by atoms with Gasteiger partial charge in [0.1, 0.15) is 0 Å². The molecule has 0 aliphatic carbocycles. The van der Waals surface area contributed by atoms with E-state index in [4.69, 9.17) is 0 Å². The number of hydrogen-bond donors (Lipinski definition) is 0. The zero-order chi connectivity index (χ0) is 12.5. The highest BCUT2D eigenvalue weighted by Gasteiger charge is 2.38. The number of amides is 1. The molecule has 1 amide bonds. The van der Waals surface area contributed by atoms with Crippen LogP contribution < -0.4 is 0 Å². The molecule has 1 aliphatic rings. The van der Waals surface area contributed by atoms with Crippen molar-refractivity contribution in [1.29, 1.82) is 0 Å². The molecule has 2 heteroatoms. The molecule has 0 aromatic heterocycles. The van der Waals surface area contributed by atoms with E-state index >= 15 is 0 Å². The summed E-state index contributed by atoms with van der Waals surface area (Å²) in [7, 11) is 0. The van der Waals surface area contributed by atoms with Crippen LogP contribution in [0.25, 0.3) is 0 Å². The fraction of sp³-hybridized carbons (Fsp3) is 0.929. The third-order valence-electron chi connectivity index (χ3n) is 4.59. The van der Waals surface area contributed by atoms with Crippen molar-refractivity contribution in [3.63, 3.8) is 0 Å². The molecule has 0 radical (unpaired) electrons. The van der Waals surface area contributed by atoms with Gasteiger partial charge in [0, 0.05) is 18.0 Å². The topological polar surface area (TPSA) is 20.3 Å². The number of hydrogen-bond acceptors (Lipinski definition) is 1. The summed E-state index contributed by atoms with van der Waals surface area (Å²) in [5, 5.41) is 0. The molecule has 2 nitrogen and oxygen atoms in total. The Morgan fingerprint density at radius 3 is 2.25 bits per heavy atom. The van der Waals surface area contributed by atoms with Crippen LogP contribution in [0, 0.1) is 17.8 Å². The van der Waals surface area contributed by atoms with E-state index in [1.54, 1.807) is 0 Å². The van der Waals surface area contributed by atoms with E-state index in [0.29, 0.717) is 29.8 Å². The SMILES string of the molecule is CCC(C)C(C)C(=O)N1C(C)CC(C)C1C. The first-order chi connectivity index (χ1) is 7.40. The van der Waals surface area contributed by atoms with Crippen LogP contribution in [0.1, 0.15) is 54.4 Å². The number of carbonyl (C=O) groups excluding carboxylic acids is 1. The monoisotopic (exact) mass is 225 g/mol.